The van der Waals surface area contributed by atoms with Crippen molar-refractivity contribution < 1.29 is 14.1 Å². The lowest BCUT2D eigenvalue weighted by Gasteiger charge is -2.33. The Morgan fingerprint density at radius 2 is 2.07 bits per heavy atom. The van der Waals surface area contributed by atoms with Gasteiger partial charge in [0.15, 0.2) is 0 Å². The van der Waals surface area contributed by atoms with Gasteiger partial charge in [-0.25, -0.2) is 4.98 Å². The monoisotopic (exact) mass is 365 g/mol. The molecule has 0 bridgehead atoms. The molecule has 1 N–H and O–H groups in total. The van der Waals surface area contributed by atoms with Crippen LogP contribution in [0.25, 0.3) is 11.4 Å². The molecule has 8 heteroatoms. The number of aromatic nitrogens is 3. The Balaban J connectivity index is 1.59. The lowest BCUT2D eigenvalue weighted by molar-refractivity contribution is -0.0119. The lowest BCUT2D eigenvalue weighted by Crippen LogP contribution is -2.43. The van der Waals surface area contributed by atoms with E-state index >= 15 is 0 Å². The molecule has 1 aliphatic heterocycles. The van der Waals surface area contributed by atoms with Crippen LogP contribution in [0.15, 0.2) is 53.2 Å². The molecule has 27 heavy (non-hydrogen) atoms. The van der Waals surface area contributed by atoms with Gasteiger partial charge in [-0.05, 0) is 12.1 Å². The zero-order chi connectivity index (χ0) is 18.6. The topological polar surface area (TPSA) is 93.4 Å². The highest BCUT2D eigenvalue weighted by molar-refractivity contribution is 5.94. The quantitative estimate of drug-likeness (QED) is 0.759. The van der Waals surface area contributed by atoms with Gasteiger partial charge in [-0.2, -0.15) is 4.98 Å². The average molecular weight is 365 g/mol. The molecule has 1 amide bonds. The Morgan fingerprint density at radius 1 is 1.22 bits per heavy atom. The molecule has 3 heterocycles. The fraction of sp³-hybridized carbons (Fsp3) is 0.263. The van der Waals surface area contributed by atoms with Crippen molar-refractivity contribution in [1.82, 2.24) is 20.0 Å². The first-order valence-electron chi connectivity index (χ1n) is 8.68. The maximum atomic E-state index is 13.0. The molecule has 2 aromatic heterocycles. The van der Waals surface area contributed by atoms with Crippen molar-refractivity contribution in [2.45, 2.75) is 6.04 Å². The van der Waals surface area contributed by atoms with E-state index in [4.69, 9.17) is 9.26 Å². The van der Waals surface area contributed by atoms with E-state index < -0.39 is 6.04 Å². The molecule has 0 spiro atoms. The number of amides is 1. The highest BCUT2D eigenvalue weighted by atomic mass is 16.5. The Bertz CT molecular complexity index is 911. The predicted octanol–water partition coefficient (Wildman–Crippen LogP) is 2.39. The minimum absolute atomic E-state index is 0.141. The fourth-order valence-corrected chi connectivity index (χ4v) is 2.96. The minimum Gasteiger partial charge on any atom is -0.377 e. The zero-order valence-electron chi connectivity index (χ0n) is 14.8. The minimum atomic E-state index is -0.430. The van der Waals surface area contributed by atoms with E-state index in [0.29, 0.717) is 42.9 Å². The summed E-state index contributed by atoms with van der Waals surface area (Å²) in [5, 5.41) is 6.99. The van der Waals surface area contributed by atoms with Crippen LogP contribution in [0.3, 0.4) is 0 Å². The zero-order valence-corrected chi connectivity index (χ0v) is 14.8. The van der Waals surface area contributed by atoms with Gasteiger partial charge in [-0.3, -0.25) is 4.79 Å². The molecule has 0 aliphatic carbocycles. The Labute approximate surface area is 156 Å². The van der Waals surface area contributed by atoms with Gasteiger partial charge in [0, 0.05) is 25.4 Å². The first-order chi connectivity index (χ1) is 13.3. The second-order valence-corrected chi connectivity index (χ2v) is 6.09. The summed E-state index contributed by atoms with van der Waals surface area (Å²) < 4.78 is 11.0. The van der Waals surface area contributed by atoms with Crippen molar-refractivity contribution in [2.75, 3.05) is 32.1 Å². The van der Waals surface area contributed by atoms with Gasteiger partial charge >= 0.3 is 0 Å². The van der Waals surface area contributed by atoms with Gasteiger partial charge in [0.05, 0.1) is 18.8 Å². The second-order valence-electron chi connectivity index (χ2n) is 6.09. The summed E-state index contributed by atoms with van der Waals surface area (Å²) in [4.78, 5) is 23.4. The number of carbonyl (C=O) groups excluding carboxylic acids is 1. The molecule has 1 aliphatic rings. The standard InChI is InChI=1S/C19H19N5O3/c1-20-16-8-7-14(11-21-16)19(25)24-9-10-26-12-15(24)18-22-17(23-27-18)13-5-3-2-4-6-13/h2-8,11,15H,9-10,12H2,1H3,(H,20,21). The Hall–Kier alpha value is -3.26. The van der Waals surface area contributed by atoms with Crippen LogP contribution >= 0.6 is 0 Å². The van der Waals surface area contributed by atoms with Crippen LogP contribution in [-0.2, 0) is 4.74 Å². The average Bonchev–Trinajstić information content (AvgIpc) is 3.24. The third-order valence-corrected chi connectivity index (χ3v) is 4.41. The van der Waals surface area contributed by atoms with Crippen molar-refractivity contribution >= 4 is 11.7 Å². The van der Waals surface area contributed by atoms with Gasteiger partial charge in [-0.15, -0.1) is 0 Å². The molecule has 1 unspecified atom stereocenters. The highest BCUT2D eigenvalue weighted by Crippen LogP contribution is 2.27. The maximum absolute atomic E-state index is 13.0. The third kappa shape index (κ3) is 3.52. The van der Waals surface area contributed by atoms with E-state index in [1.807, 2.05) is 30.3 Å². The summed E-state index contributed by atoms with van der Waals surface area (Å²) in [7, 11) is 1.78. The van der Waals surface area contributed by atoms with Crippen LogP contribution in [0.4, 0.5) is 5.82 Å². The number of carbonyl (C=O) groups is 1. The van der Waals surface area contributed by atoms with Crippen molar-refractivity contribution in [3.05, 3.63) is 60.1 Å². The van der Waals surface area contributed by atoms with Crippen LogP contribution < -0.4 is 5.32 Å². The van der Waals surface area contributed by atoms with Gasteiger partial charge in [0.25, 0.3) is 11.8 Å². The smallest absolute Gasteiger partial charge is 0.256 e. The van der Waals surface area contributed by atoms with E-state index in [1.54, 1.807) is 30.3 Å². The van der Waals surface area contributed by atoms with Crippen LogP contribution in [0, 0.1) is 0 Å². The maximum Gasteiger partial charge on any atom is 0.256 e. The second kappa shape index (κ2) is 7.55. The molecule has 0 radical (unpaired) electrons. The molecule has 1 atom stereocenters. The van der Waals surface area contributed by atoms with Gasteiger partial charge < -0.3 is 19.5 Å². The number of hydrogen-bond donors (Lipinski definition) is 1. The van der Waals surface area contributed by atoms with E-state index in [9.17, 15) is 4.79 Å². The number of ether oxygens (including phenoxy) is 1. The number of morpholine rings is 1. The number of rotatable bonds is 4. The Morgan fingerprint density at radius 3 is 2.81 bits per heavy atom. The fourth-order valence-electron chi connectivity index (χ4n) is 2.96. The summed E-state index contributed by atoms with van der Waals surface area (Å²) in [5.41, 5.74) is 1.36. The molecule has 0 saturated carbocycles. The molecule has 138 valence electrons. The van der Waals surface area contributed by atoms with Gasteiger partial charge in [0.1, 0.15) is 11.9 Å². The molecule has 4 rings (SSSR count). The SMILES string of the molecule is CNc1ccc(C(=O)N2CCOCC2c2nc(-c3ccccc3)no2)cn1. The van der Waals surface area contributed by atoms with Crippen molar-refractivity contribution in [3.8, 4) is 11.4 Å². The molecule has 1 fully saturated rings. The number of benzene rings is 1. The number of hydrogen-bond acceptors (Lipinski definition) is 7. The van der Waals surface area contributed by atoms with Crippen LogP contribution in [-0.4, -0.2) is 52.7 Å². The third-order valence-electron chi connectivity index (χ3n) is 4.41. The number of nitrogens with one attached hydrogen (secondary N) is 1. The van der Waals surface area contributed by atoms with E-state index in [-0.39, 0.29) is 5.91 Å². The van der Waals surface area contributed by atoms with E-state index in [0.717, 1.165) is 5.56 Å². The molecular weight excluding hydrogens is 346 g/mol. The van der Waals surface area contributed by atoms with Crippen LogP contribution in [0.1, 0.15) is 22.3 Å². The van der Waals surface area contributed by atoms with Crippen LogP contribution in [0.2, 0.25) is 0 Å². The first-order valence-corrected chi connectivity index (χ1v) is 8.68. The van der Waals surface area contributed by atoms with Crippen LogP contribution in [0.5, 0.6) is 0 Å². The molecule has 8 nitrogen and oxygen atoms in total. The van der Waals surface area contributed by atoms with Crippen molar-refractivity contribution in [3.63, 3.8) is 0 Å². The molecule has 1 saturated heterocycles. The summed E-state index contributed by atoms with van der Waals surface area (Å²) in [6.07, 6.45) is 1.56. The number of nitrogens with zero attached hydrogens (tertiary/aromatic N) is 4. The van der Waals surface area contributed by atoms with Crippen molar-refractivity contribution in [2.24, 2.45) is 0 Å². The van der Waals surface area contributed by atoms with Crippen molar-refractivity contribution in [1.29, 1.82) is 0 Å². The van der Waals surface area contributed by atoms with Gasteiger partial charge in [0.2, 0.25) is 5.82 Å². The summed E-state index contributed by atoms with van der Waals surface area (Å²) in [6.45, 7) is 1.22. The van der Waals surface area contributed by atoms with Gasteiger partial charge in [-0.1, -0.05) is 35.5 Å². The normalized spacial score (nSPS) is 16.9. The first kappa shape index (κ1) is 17.2. The summed E-state index contributed by atoms with van der Waals surface area (Å²) >= 11 is 0. The Kier molecular flexibility index (Phi) is 4.80. The number of anilines is 1. The lowest BCUT2D eigenvalue weighted by atomic mass is 10.1. The molecule has 3 aromatic rings. The van der Waals surface area contributed by atoms with E-state index in [2.05, 4.69) is 20.4 Å². The summed E-state index contributed by atoms with van der Waals surface area (Å²) in [6, 6.07) is 12.6. The largest absolute Gasteiger partial charge is 0.377 e. The number of pyridine rings is 1. The molecular formula is C19H19N5O3. The predicted molar refractivity (Wildman–Crippen MR) is 98.1 cm³/mol. The molecule has 1 aromatic carbocycles. The summed E-state index contributed by atoms with van der Waals surface area (Å²) in [5.74, 6) is 1.41. The highest BCUT2D eigenvalue weighted by Gasteiger charge is 2.33. The van der Waals surface area contributed by atoms with E-state index in [1.165, 1.54) is 0 Å².